The number of anilines is 1. The van der Waals surface area contributed by atoms with E-state index in [1.54, 1.807) is 0 Å². The Labute approximate surface area is 176 Å². The average Bonchev–Trinajstić information content (AvgIpc) is 2.70. The minimum Gasteiger partial charge on any atom is -0.456 e. The zero-order valence-corrected chi connectivity index (χ0v) is 18.0. The van der Waals surface area contributed by atoms with Crippen LogP contribution in [0.2, 0.25) is 0 Å². The lowest BCUT2D eigenvalue weighted by Gasteiger charge is -2.19. The van der Waals surface area contributed by atoms with E-state index in [-0.39, 0.29) is 5.41 Å². The highest BCUT2D eigenvalue weighted by Gasteiger charge is 2.14. The van der Waals surface area contributed by atoms with E-state index in [0.717, 1.165) is 39.0 Å². The standard InChI is InChI=1S/C25H26N4O/c1-16-14-17(2)27-24(26-16)29-28-21-15-23(30-22-9-7-6-8-20(21)22)18-10-12-19(13-11-18)25(3,4)5/h6-15H,1-5H3,(H,26,27,29)/b28-21+. The SMILES string of the molecule is Cc1cc(C)nc(N/N=c2\cc(-c3ccc(C(C)(C)C)cc3)oc3ccccc23)n1. The summed E-state index contributed by atoms with van der Waals surface area (Å²) in [5.41, 5.74) is 7.97. The summed E-state index contributed by atoms with van der Waals surface area (Å²) in [6, 6.07) is 20.3. The molecule has 0 aliphatic carbocycles. The molecule has 0 spiro atoms. The van der Waals surface area contributed by atoms with E-state index in [4.69, 9.17) is 4.42 Å². The molecule has 0 saturated carbocycles. The molecule has 4 rings (SSSR count). The van der Waals surface area contributed by atoms with Crippen LogP contribution in [-0.4, -0.2) is 9.97 Å². The number of hydrogen-bond donors (Lipinski definition) is 1. The van der Waals surface area contributed by atoms with E-state index < -0.39 is 0 Å². The third kappa shape index (κ3) is 4.25. The first-order valence-corrected chi connectivity index (χ1v) is 10.1. The maximum absolute atomic E-state index is 6.19. The molecule has 0 aliphatic heterocycles. The average molecular weight is 399 g/mol. The highest BCUT2D eigenvalue weighted by molar-refractivity contribution is 5.78. The molecule has 0 fully saturated rings. The Kier molecular flexibility index (Phi) is 5.12. The van der Waals surface area contributed by atoms with Crippen LogP contribution in [0.4, 0.5) is 5.95 Å². The van der Waals surface area contributed by atoms with Crippen LogP contribution in [0, 0.1) is 13.8 Å². The first-order chi connectivity index (χ1) is 14.3. The number of para-hydroxylation sites is 1. The lowest BCUT2D eigenvalue weighted by Crippen LogP contribution is -2.11. The Morgan fingerprint density at radius 2 is 1.53 bits per heavy atom. The topological polar surface area (TPSA) is 63.3 Å². The van der Waals surface area contributed by atoms with E-state index >= 15 is 0 Å². The summed E-state index contributed by atoms with van der Waals surface area (Å²) in [7, 11) is 0. The fourth-order valence-electron chi connectivity index (χ4n) is 3.37. The Balaban J connectivity index is 1.79. The van der Waals surface area contributed by atoms with Crippen molar-refractivity contribution >= 4 is 16.9 Å². The molecule has 1 N–H and O–H groups in total. The van der Waals surface area contributed by atoms with Crippen molar-refractivity contribution in [1.29, 1.82) is 0 Å². The minimum atomic E-state index is 0.107. The van der Waals surface area contributed by atoms with Crippen LogP contribution in [0.25, 0.3) is 22.3 Å². The summed E-state index contributed by atoms with van der Waals surface area (Å²) in [4.78, 5) is 8.81. The van der Waals surface area contributed by atoms with E-state index in [1.807, 2.05) is 50.2 Å². The number of aromatic nitrogens is 2. The number of aryl methyl sites for hydroxylation is 2. The molecule has 4 aromatic rings. The number of hydrogen-bond acceptors (Lipinski definition) is 5. The van der Waals surface area contributed by atoms with Crippen LogP contribution < -0.4 is 10.8 Å². The summed E-state index contributed by atoms with van der Waals surface area (Å²) in [6.45, 7) is 10.5. The van der Waals surface area contributed by atoms with Gasteiger partial charge in [0.2, 0.25) is 5.95 Å². The van der Waals surface area contributed by atoms with Crippen molar-refractivity contribution in [2.45, 2.75) is 40.0 Å². The molecule has 0 radical (unpaired) electrons. The number of benzene rings is 2. The normalized spacial score (nSPS) is 12.4. The zero-order valence-electron chi connectivity index (χ0n) is 18.0. The Morgan fingerprint density at radius 1 is 0.867 bits per heavy atom. The van der Waals surface area contributed by atoms with E-state index in [1.165, 1.54) is 5.56 Å². The Bertz CT molecular complexity index is 1240. The Hall–Kier alpha value is -3.47. The molecule has 0 atom stereocenters. The van der Waals surface area contributed by atoms with Gasteiger partial charge in [0.25, 0.3) is 0 Å². The van der Waals surface area contributed by atoms with Gasteiger partial charge in [-0.15, -0.1) is 0 Å². The second-order valence-electron chi connectivity index (χ2n) is 8.52. The number of rotatable bonds is 3. The third-order valence-corrected chi connectivity index (χ3v) is 4.94. The molecular formula is C25H26N4O. The second kappa shape index (κ2) is 7.75. The molecule has 0 amide bonds. The summed E-state index contributed by atoms with van der Waals surface area (Å²) in [5, 5.41) is 6.29. The molecule has 0 unspecified atom stereocenters. The maximum Gasteiger partial charge on any atom is 0.243 e. The molecule has 0 aliphatic rings. The molecule has 5 heteroatoms. The highest BCUT2D eigenvalue weighted by Crippen LogP contribution is 2.27. The summed E-state index contributed by atoms with van der Waals surface area (Å²) in [5.74, 6) is 1.24. The molecule has 5 nitrogen and oxygen atoms in total. The molecule has 2 heterocycles. The number of nitrogens with one attached hydrogen (secondary N) is 1. The van der Waals surface area contributed by atoms with E-state index in [0.29, 0.717) is 5.95 Å². The van der Waals surface area contributed by atoms with Crippen LogP contribution in [0.3, 0.4) is 0 Å². The van der Waals surface area contributed by atoms with Gasteiger partial charge in [0.05, 0.1) is 5.36 Å². The Morgan fingerprint density at radius 3 is 2.20 bits per heavy atom. The van der Waals surface area contributed by atoms with Crippen molar-refractivity contribution in [3.8, 4) is 11.3 Å². The molecule has 152 valence electrons. The predicted octanol–water partition coefficient (Wildman–Crippen LogP) is 5.73. The van der Waals surface area contributed by atoms with Gasteiger partial charge in [-0.2, -0.15) is 5.10 Å². The van der Waals surface area contributed by atoms with Crippen LogP contribution >= 0.6 is 0 Å². The van der Waals surface area contributed by atoms with Crippen molar-refractivity contribution in [2.24, 2.45) is 5.10 Å². The highest BCUT2D eigenvalue weighted by atomic mass is 16.3. The fourth-order valence-corrected chi connectivity index (χ4v) is 3.37. The van der Waals surface area contributed by atoms with Gasteiger partial charge >= 0.3 is 0 Å². The summed E-state index contributed by atoms with van der Waals surface area (Å²) >= 11 is 0. The van der Waals surface area contributed by atoms with Gasteiger partial charge in [-0.3, -0.25) is 0 Å². The predicted molar refractivity (Wildman–Crippen MR) is 121 cm³/mol. The molecular weight excluding hydrogens is 372 g/mol. The van der Waals surface area contributed by atoms with Crippen LogP contribution in [0.15, 0.2) is 70.2 Å². The maximum atomic E-state index is 6.19. The van der Waals surface area contributed by atoms with Crippen molar-refractivity contribution in [3.05, 3.63) is 83.0 Å². The zero-order chi connectivity index (χ0) is 21.3. The van der Waals surface area contributed by atoms with Gasteiger partial charge in [0.15, 0.2) is 0 Å². The largest absolute Gasteiger partial charge is 0.456 e. The monoisotopic (exact) mass is 398 g/mol. The van der Waals surface area contributed by atoms with Crippen LogP contribution in [0.1, 0.15) is 37.7 Å². The molecule has 2 aromatic carbocycles. The first kappa shape index (κ1) is 19.8. The van der Waals surface area contributed by atoms with Crippen molar-refractivity contribution in [2.75, 3.05) is 5.43 Å². The fraction of sp³-hybridized carbons (Fsp3) is 0.240. The summed E-state index contributed by atoms with van der Waals surface area (Å²) in [6.07, 6.45) is 0. The van der Waals surface area contributed by atoms with Gasteiger partial charge in [-0.25, -0.2) is 15.4 Å². The van der Waals surface area contributed by atoms with Crippen LogP contribution in [-0.2, 0) is 5.41 Å². The molecule has 0 bridgehead atoms. The van der Waals surface area contributed by atoms with Gasteiger partial charge in [-0.05, 0) is 43.0 Å². The lowest BCUT2D eigenvalue weighted by atomic mass is 9.86. The molecule has 0 saturated heterocycles. The van der Waals surface area contributed by atoms with Gasteiger partial charge in [0.1, 0.15) is 11.3 Å². The van der Waals surface area contributed by atoms with Crippen molar-refractivity contribution in [3.63, 3.8) is 0 Å². The lowest BCUT2D eigenvalue weighted by molar-refractivity contribution is 0.589. The smallest absolute Gasteiger partial charge is 0.243 e. The molecule has 30 heavy (non-hydrogen) atoms. The van der Waals surface area contributed by atoms with Crippen molar-refractivity contribution in [1.82, 2.24) is 9.97 Å². The first-order valence-electron chi connectivity index (χ1n) is 10.1. The van der Waals surface area contributed by atoms with E-state index in [9.17, 15) is 0 Å². The third-order valence-electron chi connectivity index (χ3n) is 4.94. The van der Waals surface area contributed by atoms with Crippen LogP contribution in [0.5, 0.6) is 0 Å². The van der Waals surface area contributed by atoms with Gasteiger partial charge in [0, 0.05) is 28.4 Å². The van der Waals surface area contributed by atoms with Gasteiger partial charge < -0.3 is 4.42 Å². The van der Waals surface area contributed by atoms with E-state index in [2.05, 4.69) is 65.5 Å². The minimum absolute atomic E-state index is 0.107. The van der Waals surface area contributed by atoms with Gasteiger partial charge in [-0.1, -0.05) is 57.2 Å². The van der Waals surface area contributed by atoms with Crippen molar-refractivity contribution < 1.29 is 4.42 Å². The quantitative estimate of drug-likeness (QED) is 0.448. The number of fused-ring (bicyclic) bond motifs is 1. The number of nitrogens with zero attached hydrogens (tertiary/aromatic N) is 3. The summed E-state index contributed by atoms with van der Waals surface area (Å²) < 4.78 is 6.19. The second-order valence-corrected chi connectivity index (χ2v) is 8.52. The molecule has 2 aromatic heterocycles.